The van der Waals surface area contributed by atoms with Gasteiger partial charge in [0.15, 0.2) is 11.0 Å². The summed E-state index contributed by atoms with van der Waals surface area (Å²) in [5, 5.41) is 9.04. The fourth-order valence-corrected chi connectivity index (χ4v) is 4.87. The number of rotatable bonds is 7. The Kier molecular flexibility index (Phi) is 7.41. The van der Waals surface area contributed by atoms with Gasteiger partial charge in [-0.15, -0.1) is 10.2 Å². The highest BCUT2D eigenvalue weighted by Gasteiger charge is 2.21. The van der Waals surface area contributed by atoms with Crippen LogP contribution in [0.4, 0.5) is 13.2 Å². The molecule has 4 rings (SSSR count). The van der Waals surface area contributed by atoms with Crippen molar-refractivity contribution in [3.8, 4) is 17.1 Å². The van der Waals surface area contributed by atoms with Gasteiger partial charge in [0.1, 0.15) is 5.82 Å². The average molecular weight is 479 g/mol. The van der Waals surface area contributed by atoms with Crippen molar-refractivity contribution in [1.82, 2.24) is 19.7 Å². The van der Waals surface area contributed by atoms with Gasteiger partial charge in [0.05, 0.1) is 5.75 Å². The minimum atomic E-state index is -2.50. The zero-order valence-electron chi connectivity index (χ0n) is 17.1. The molecule has 32 heavy (non-hydrogen) atoms. The van der Waals surface area contributed by atoms with Crippen molar-refractivity contribution in [2.75, 3.05) is 18.8 Å². The van der Waals surface area contributed by atoms with Crippen LogP contribution in [-0.2, 0) is 4.79 Å². The number of alkyl halides is 2. The van der Waals surface area contributed by atoms with Crippen LogP contribution in [0, 0.1) is 5.82 Å². The zero-order valence-corrected chi connectivity index (χ0v) is 18.7. The summed E-state index contributed by atoms with van der Waals surface area (Å²) in [6.07, 6.45) is 3.18. The third-order valence-electron chi connectivity index (χ3n) is 5.09. The third kappa shape index (κ3) is 5.47. The number of benzene rings is 2. The van der Waals surface area contributed by atoms with Crippen LogP contribution in [0.2, 0.25) is 0 Å². The van der Waals surface area contributed by atoms with Crippen LogP contribution in [0.5, 0.6) is 0 Å². The molecule has 1 saturated heterocycles. The monoisotopic (exact) mass is 478 g/mol. The van der Waals surface area contributed by atoms with E-state index in [4.69, 9.17) is 0 Å². The predicted octanol–water partition coefficient (Wildman–Crippen LogP) is 5.49. The summed E-state index contributed by atoms with van der Waals surface area (Å²) >= 11 is 1.75. The van der Waals surface area contributed by atoms with Crippen molar-refractivity contribution in [2.24, 2.45) is 0 Å². The Morgan fingerprint density at radius 3 is 2.31 bits per heavy atom. The standard InChI is InChI=1S/C22H21F3N4OS2/c23-16-6-4-15(5-7-16)20-26-27-22(31-14-19(30)28-12-2-1-3-13-28)29(20)17-8-10-18(11-9-17)32-21(24)25/h4-11,21H,1-3,12-14H2. The maximum absolute atomic E-state index is 13.4. The van der Waals surface area contributed by atoms with Crippen LogP contribution in [-0.4, -0.2) is 50.2 Å². The molecular weight excluding hydrogens is 457 g/mol. The first-order chi connectivity index (χ1) is 15.5. The molecule has 168 valence electrons. The van der Waals surface area contributed by atoms with Gasteiger partial charge in [0, 0.05) is 29.2 Å². The first kappa shape index (κ1) is 22.7. The summed E-state index contributed by atoms with van der Waals surface area (Å²) in [4.78, 5) is 14.9. The number of nitrogens with zero attached hydrogens (tertiary/aromatic N) is 4. The van der Waals surface area contributed by atoms with Crippen molar-refractivity contribution in [3.63, 3.8) is 0 Å². The van der Waals surface area contributed by atoms with Gasteiger partial charge in [0.2, 0.25) is 5.91 Å². The normalized spacial score (nSPS) is 14.2. The third-order valence-corrected chi connectivity index (χ3v) is 6.73. The van der Waals surface area contributed by atoms with Gasteiger partial charge in [0.25, 0.3) is 5.76 Å². The van der Waals surface area contributed by atoms with E-state index in [1.54, 1.807) is 41.0 Å². The number of amides is 1. The second kappa shape index (κ2) is 10.4. The van der Waals surface area contributed by atoms with E-state index in [9.17, 15) is 18.0 Å². The number of carbonyl (C=O) groups excluding carboxylic acids is 1. The Bertz CT molecular complexity index is 1050. The molecule has 0 N–H and O–H groups in total. The van der Waals surface area contributed by atoms with Gasteiger partial charge in [-0.1, -0.05) is 23.5 Å². The summed E-state index contributed by atoms with van der Waals surface area (Å²) in [5.74, 6) is -2.11. The topological polar surface area (TPSA) is 51.0 Å². The molecule has 1 amide bonds. The minimum absolute atomic E-state index is 0.0521. The molecular formula is C22H21F3N4OS2. The molecule has 2 heterocycles. The molecule has 1 aliphatic rings. The molecule has 2 aromatic carbocycles. The molecule has 0 saturated carbocycles. The second-order valence-corrected chi connectivity index (χ2v) is 9.26. The average Bonchev–Trinajstić information content (AvgIpc) is 3.22. The molecule has 0 aliphatic carbocycles. The molecule has 0 spiro atoms. The van der Waals surface area contributed by atoms with E-state index in [1.807, 2.05) is 4.90 Å². The van der Waals surface area contributed by atoms with E-state index in [0.29, 0.717) is 38.9 Å². The number of thioether (sulfide) groups is 2. The highest BCUT2D eigenvalue weighted by molar-refractivity contribution is 8.00. The van der Waals surface area contributed by atoms with Crippen molar-refractivity contribution in [2.45, 2.75) is 35.1 Å². The van der Waals surface area contributed by atoms with Crippen LogP contribution in [0.25, 0.3) is 17.1 Å². The van der Waals surface area contributed by atoms with Gasteiger partial charge in [-0.05, 0) is 67.8 Å². The van der Waals surface area contributed by atoms with Gasteiger partial charge in [-0.3, -0.25) is 9.36 Å². The Hall–Kier alpha value is -2.46. The van der Waals surface area contributed by atoms with E-state index >= 15 is 0 Å². The summed E-state index contributed by atoms with van der Waals surface area (Å²) < 4.78 is 40.5. The summed E-state index contributed by atoms with van der Waals surface area (Å²) in [6.45, 7) is 1.55. The SMILES string of the molecule is O=C(CSc1nnc(-c2ccc(F)cc2)n1-c1ccc(SC(F)F)cc1)N1CCCCC1. The fraction of sp³-hybridized carbons (Fsp3) is 0.318. The highest BCUT2D eigenvalue weighted by atomic mass is 32.2. The Morgan fingerprint density at radius 2 is 1.66 bits per heavy atom. The minimum Gasteiger partial charge on any atom is -0.342 e. The van der Waals surface area contributed by atoms with Crippen LogP contribution >= 0.6 is 23.5 Å². The zero-order chi connectivity index (χ0) is 22.5. The Morgan fingerprint density at radius 1 is 0.969 bits per heavy atom. The van der Waals surface area contributed by atoms with E-state index in [0.717, 1.165) is 32.4 Å². The van der Waals surface area contributed by atoms with Crippen molar-refractivity contribution in [1.29, 1.82) is 0 Å². The van der Waals surface area contributed by atoms with E-state index in [-0.39, 0.29) is 17.5 Å². The van der Waals surface area contributed by atoms with E-state index < -0.39 is 5.76 Å². The molecule has 0 unspecified atom stereocenters. The number of likely N-dealkylation sites (tertiary alicyclic amines) is 1. The van der Waals surface area contributed by atoms with Gasteiger partial charge in [-0.2, -0.15) is 8.78 Å². The maximum atomic E-state index is 13.4. The number of halogens is 3. The second-order valence-electron chi connectivity index (χ2n) is 7.25. The largest absolute Gasteiger partial charge is 0.342 e. The molecule has 3 aromatic rings. The lowest BCUT2D eigenvalue weighted by Crippen LogP contribution is -2.36. The van der Waals surface area contributed by atoms with Crippen molar-refractivity contribution >= 4 is 29.4 Å². The number of hydrogen-bond acceptors (Lipinski definition) is 5. The van der Waals surface area contributed by atoms with Gasteiger partial charge < -0.3 is 4.90 Å². The molecule has 0 radical (unpaired) electrons. The first-order valence-electron chi connectivity index (χ1n) is 10.2. The molecule has 0 bridgehead atoms. The Labute approximate surface area is 192 Å². The Balaban J connectivity index is 1.62. The quantitative estimate of drug-likeness (QED) is 0.420. The van der Waals surface area contributed by atoms with Gasteiger partial charge in [-0.25, -0.2) is 4.39 Å². The molecule has 10 heteroatoms. The van der Waals surface area contributed by atoms with Crippen LogP contribution in [0.15, 0.2) is 58.6 Å². The number of piperidine rings is 1. The van der Waals surface area contributed by atoms with Crippen LogP contribution in [0.3, 0.4) is 0 Å². The molecule has 0 atom stereocenters. The van der Waals surface area contributed by atoms with E-state index in [2.05, 4.69) is 10.2 Å². The lowest BCUT2D eigenvalue weighted by molar-refractivity contribution is -0.129. The van der Waals surface area contributed by atoms with Gasteiger partial charge >= 0.3 is 0 Å². The first-order valence-corrected chi connectivity index (χ1v) is 12.0. The predicted molar refractivity (Wildman–Crippen MR) is 120 cm³/mol. The lowest BCUT2D eigenvalue weighted by Gasteiger charge is -2.26. The molecule has 5 nitrogen and oxygen atoms in total. The molecule has 1 aliphatic heterocycles. The number of hydrogen-bond donors (Lipinski definition) is 0. The molecule has 1 aromatic heterocycles. The summed E-state index contributed by atoms with van der Waals surface area (Å²) in [5.41, 5.74) is 1.32. The summed E-state index contributed by atoms with van der Waals surface area (Å²) in [7, 11) is 0. The number of carbonyl (C=O) groups is 1. The van der Waals surface area contributed by atoms with E-state index in [1.165, 1.54) is 23.9 Å². The highest BCUT2D eigenvalue weighted by Crippen LogP contribution is 2.31. The van der Waals surface area contributed by atoms with Crippen LogP contribution < -0.4 is 0 Å². The molecule has 1 fully saturated rings. The summed E-state index contributed by atoms with van der Waals surface area (Å²) in [6, 6.07) is 12.5. The van der Waals surface area contributed by atoms with Crippen LogP contribution in [0.1, 0.15) is 19.3 Å². The van der Waals surface area contributed by atoms with Crippen molar-refractivity contribution < 1.29 is 18.0 Å². The fourth-order valence-electron chi connectivity index (χ4n) is 3.52. The lowest BCUT2D eigenvalue weighted by atomic mass is 10.1. The number of aromatic nitrogens is 3. The maximum Gasteiger partial charge on any atom is 0.288 e. The van der Waals surface area contributed by atoms with Crippen molar-refractivity contribution in [3.05, 3.63) is 54.3 Å². The smallest absolute Gasteiger partial charge is 0.288 e.